The predicted octanol–water partition coefficient (Wildman–Crippen LogP) is 4.53. The third-order valence-corrected chi connectivity index (χ3v) is 6.01. The molecule has 0 unspecified atom stereocenters. The second-order valence-corrected chi connectivity index (χ2v) is 7.52. The highest BCUT2D eigenvalue weighted by Crippen LogP contribution is 2.29. The fourth-order valence-corrected chi connectivity index (χ4v) is 4.56. The molecule has 0 bridgehead atoms. The summed E-state index contributed by atoms with van der Waals surface area (Å²) in [5, 5.41) is 3.20. The fourth-order valence-electron chi connectivity index (χ4n) is 3.70. The lowest BCUT2D eigenvalue weighted by molar-refractivity contribution is -0.683. The van der Waals surface area contributed by atoms with E-state index in [1.807, 2.05) is 66.2 Å². The summed E-state index contributed by atoms with van der Waals surface area (Å²) < 4.78 is 3.94. The van der Waals surface area contributed by atoms with Crippen molar-refractivity contribution >= 4 is 50.5 Å². The van der Waals surface area contributed by atoms with E-state index in [0.717, 1.165) is 38.0 Å². The molecule has 0 spiro atoms. The molecule has 0 saturated carbocycles. The number of hydrogen-bond donors (Lipinski definition) is 1. The number of imidazole rings is 1. The van der Waals surface area contributed by atoms with Crippen LogP contribution in [0.25, 0.3) is 32.8 Å². The highest BCUT2D eigenvalue weighted by atomic mass is 32.2. The number of benzene rings is 3. The van der Waals surface area contributed by atoms with Crippen molar-refractivity contribution < 1.29 is 9.36 Å². The SMILES string of the molecule is C[n+]1c(SCC(=O)n2c3ccccc3c3ccccc32)[nH]c2ccccc21. The Hall–Kier alpha value is -3.05. The minimum atomic E-state index is 0.0797. The van der Waals surface area contributed by atoms with E-state index in [1.54, 1.807) is 0 Å². The van der Waals surface area contributed by atoms with Gasteiger partial charge in [0.15, 0.2) is 11.0 Å². The van der Waals surface area contributed by atoms with Crippen molar-refractivity contribution in [3.8, 4) is 0 Å². The van der Waals surface area contributed by atoms with Crippen LogP contribution >= 0.6 is 11.8 Å². The molecule has 0 aliphatic heterocycles. The summed E-state index contributed by atoms with van der Waals surface area (Å²) in [7, 11) is 2.02. The molecule has 0 amide bonds. The summed E-state index contributed by atoms with van der Waals surface area (Å²) in [6.45, 7) is 0. The Morgan fingerprint density at radius 2 is 1.52 bits per heavy atom. The van der Waals surface area contributed by atoms with Gasteiger partial charge >= 0.3 is 5.16 Å². The van der Waals surface area contributed by atoms with Gasteiger partial charge in [0.25, 0.3) is 0 Å². The maximum Gasteiger partial charge on any atom is 0.317 e. The zero-order valence-corrected chi connectivity index (χ0v) is 15.7. The topological polar surface area (TPSA) is 41.7 Å². The number of carbonyl (C=O) groups excluding carboxylic acids is 1. The highest BCUT2D eigenvalue weighted by Gasteiger charge is 2.20. The van der Waals surface area contributed by atoms with Crippen molar-refractivity contribution in [2.75, 3.05) is 5.75 Å². The lowest BCUT2D eigenvalue weighted by atomic mass is 10.2. The van der Waals surface area contributed by atoms with E-state index in [-0.39, 0.29) is 5.91 Å². The molecule has 0 saturated heterocycles. The smallest absolute Gasteiger partial charge is 0.279 e. The van der Waals surface area contributed by atoms with Gasteiger partial charge in [-0.2, -0.15) is 0 Å². The van der Waals surface area contributed by atoms with Gasteiger partial charge in [-0.05, 0) is 36.0 Å². The minimum Gasteiger partial charge on any atom is -0.279 e. The monoisotopic (exact) mass is 372 g/mol. The third kappa shape index (κ3) is 2.54. The van der Waals surface area contributed by atoms with Crippen molar-refractivity contribution in [3.05, 3.63) is 72.8 Å². The lowest BCUT2D eigenvalue weighted by Crippen LogP contribution is -2.29. The number of H-pyrrole nitrogens is 1. The molecule has 0 radical (unpaired) electrons. The van der Waals surface area contributed by atoms with E-state index in [2.05, 4.69) is 27.8 Å². The number of fused-ring (bicyclic) bond motifs is 4. The number of rotatable bonds is 3. The number of hydrogen-bond acceptors (Lipinski definition) is 2. The van der Waals surface area contributed by atoms with Crippen LogP contribution < -0.4 is 4.57 Å². The average molecular weight is 372 g/mol. The number of para-hydroxylation sites is 4. The molecule has 5 aromatic rings. The standard InChI is InChI=1S/C22H17N3OS/c1-24-20-13-7-4-10-17(20)23-22(24)27-14-21(26)25-18-11-5-2-8-15(18)16-9-3-6-12-19(16)25/h2-13H,14H2,1H3/p+1. The van der Waals surface area contributed by atoms with Crippen LogP contribution in [-0.2, 0) is 7.05 Å². The van der Waals surface area contributed by atoms with Crippen molar-refractivity contribution in [2.24, 2.45) is 7.05 Å². The van der Waals surface area contributed by atoms with E-state index in [4.69, 9.17) is 0 Å². The zero-order valence-electron chi connectivity index (χ0n) is 14.8. The Kier molecular flexibility index (Phi) is 3.76. The van der Waals surface area contributed by atoms with Gasteiger partial charge in [-0.25, -0.2) is 9.55 Å². The van der Waals surface area contributed by atoms with Gasteiger partial charge in [-0.15, -0.1) is 0 Å². The fraction of sp³-hybridized carbons (Fsp3) is 0.0909. The first-order chi connectivity index (χ1) is 13.2. The first kappa shape index (κ1) is 16.1. The van der Waals surface area contributed by atoms with Crippen LogP contribution in [0.2, 0.25) is 0 Å². The van der Waals surface area contributed by atoms with Crippen LogP contribution in [0.3, 0.4) is 0 Å². The molecule has 0 fully saturated rings. The number of nitrogens with one attached hydrogen (secondary N) is 1. The Morgan fingerprint density at radius 3 is 2.19 bits per heavy atom. The molecular weight excluding hydrogens is 354 g/mol. The van der Waals surface area contributed by atoms with Crippen molar-refractivity contribution in [3.63, 3.8) is 0 Å². The van der Waals surface area contributed by atoms with E-state index < -0.39 is 0 Å². The summed E-state index contributed by atoms with van der Waals surface area (Å²) in [6.07, 6.45) is 0. The Labute approximate surface area is 160 Å². The second kappa shape index (κ2) is 6.28. The molecule has 0 aliphatic rings. The van der Waals surface area contributed by atoms with E-state index >= 15 is 0 Å². The van der Waals surface area contributed by atoms with Gasteiger partial charge < -0.3 is 0 Å². The second-order valence-electron chi connectivity index (χ2n) is 6.56. The highest BCUT2D eigenvalue weighted by molar-refractivity contribution is 7.99. The number of aromatic amines is 1. The first-order valence-electron chi connectivity index (χ1n) is 8.85. The first-order valence-corrected chi connectivity index (χ1v) is 9.83. The van der Waals surface area contributed by atoms with Crippen molar-refractivity contribution in [1.82, 2.24) is 9.55 Å². The predicted molar refractivity (Wildman–Crippen MR) is 110 cm³/mol. The third-order valence-electron chi connectivity index (χ3n) is 4.97. The van der Waals surface area contributed by atoms with Gasteiger partial charge in [0.05, 0.1) is 23.8 Å². The molecule has 4 nitrogen and oxygen atoms in total. The molecule has 2 heterocycles. The average Bonchev–Trinajstić information content (AvgIpc) is 3.22. The van der Waals surface area contributed by atoms with E-state index in [0.29, 0.717) is 5.75 Å². The molecule has 1 N–H and O–H groups in total. The number of carbonyl (C=O) groups is 1. The van der Waals surface area contributed by atoms with Crippen LogP contribution in [0, 0.1) is 0 Å². The summed E-state index contributed by atoms with van der Waals surface area (Å²) >= 11 is 1.53. The molecule has 132 valence electrons. The summed E-state index contributed by atoms with van der Waals surface area (Å²) in [5.74, 6) is 0.444. The molecule has 0 atom stereocenters. The van der Waals surface area contributed by atoms with Gasteiger partial charge in [0, 0.05) is 10.8 Å². The lowest BCUT2D eigenvalue weighted by Gasteiger charge is -2.04. The Morgan fingerprint density at radius 1 is 0.926 bits per heavy atom. The molecule has 2 aromatic heterocycles. The van der Waals surface area contributed by atoms with Gasteiger partial charge in [0.2, 0.25) is 5.91 Å². The largest absolute Gasteiger partial charge is 0.317 e. The maximum atomic E-state index is 13.2. The van der Waals surface area contributed by atoms with Gasteiger partial charge in [0.1, 0.15) is 0 Å². The Balaban J connectivity index is 1.53. The molecule has 5 rings (SSSR count). The summed E-state index contributed by atoms with van der Waals surface area (Å²) in [6, 6.07) is 24.3. The molecule has 3 aromatic carbocycles. The zero-order chi connectivity index (χ0) is 18.4. The van der Waals surface area contributed by atoms with E-state index in [1.165, 1.54) is 11.8 Å². The number of aromatic nitrogens is 3. The molecular formula is C22H18N3OS+. The summed E-state index contributed by atoms with van der Waals surface area (Å²) in [5.41, 5.74) is 4.13. The van der Waals surface area contributed by atoms with Crippen molar-refractivity contribution in [2.45, 2.75) is 5.16 Å². The summed E-state index contributed by atoms with van der Waals surface area (Å²) in [4.78, 5) is 16.6. The van der Waals surface area contributed by atoms with Gasteiger partial charge in [-0.3, -0.25) is 9.36 Å². The quantitative estimate of drug-likeness (QED) is 0.373. The minimum absolute atomic E-state index is 0.0797. The molecule has 0 aliphatic carbocycles. The molecule has 27 heavy (non-hydrogen) atoms. The number of aryl methyl sites for hydroxylation is 1. The normalized spacial score (nSPS) is 11.6. The van der Waals surface area contributed by atoms with Crippen LogP contribution in [0.1, 0.15) is 4.79 Å². The van der Waals surface area contributed by atoms with Crippen LogP contribution in [0.5, 0.6) is 0 Å². The van der Waals surface area contributed by atoms with Crippen LogP contribution in [-0.4, -0.2) is 21.2 Å². The molecule has 5 heteroatoms. The van der Waals surface area contributed by atoms with Gasteiger partial charge in [-0.1, -0.05) is 48.5 Å². The Bertz CT molecular complexity index is 1260. The number of thioether (sulfide) groups is 1. The maximum absolute atomic E-state index is 13.2. The van der Waals surface area contributed by atoms with Crippen LogP contribution in [0.15, 0.2) is 78.0 Å². The van der Waals surface area contributed by atoms with E-state index in [9.17, 15) is 4.79 Å². The number of nitrogens with zero attached hydrogens (tertiary/aromatic N) is 2. The van der Waals surface area contributed by atoms with Crippen molar-refractivity contribution in [1.29, 1.82) is 0 Å². The van der Waals surface area contributed by atoms with Crippen LogP contribution in [0.4, 0.5) is 0 Å².